The van der Waals surface area contributed by atoms with Crippen molar-refractivity contribution in [3.8, 4) is 0 Å². The number of halogens is 3. The molecule has 1 atom stereocenters. The minimum Gasteiger partial charge on any atom is -0.384 e. The van der Waals surface area contributed by atoms with Crippen molar-refractivity contribution in [2.75, 3.05) is 6.54 Å². The van der Waals surface area contributed by atoms with Crippen molar-refractivity contribution in [1.82, 2.24) is 0 Å². The van der Waals surface area contributed by atoms with Crippen LogP contribution in [0.1, 0.15) is 12.5 Å². The Morgan fingerprint density at radius 1 is 1.33 bits per heavy atom. The number of hydrogen-bond acceptors (Lipinski definition) is 4. The summed E-state index contributed by atoms with van der Waals surface area (Å²) in [5.41, 5.74) is -1.69. The van der Waals surface area contributed by atoms with Gasteiger partial charge in [-0.3, -0.25) is 0 Å². The van der Waals surface area contributed by atoms with Gasteiger partial charge >= 0.3 is 5.51 Å². The monoisotopic (exact) mass is 283 g/mol. The molecule has 0 aliphatic carbocycles. The number of aliphatic hydroxyl groups is 1. The third kappa shape index (κ3) is 2.65. The fraction of sp³-hybridized carbons (Fsp3) is 0.400. The van der Waals surface area contributed by atoms with Crippen molar-refractivity contribution < 1.29 is 26.7 Å². The van der Waals surface area contributed by atoms with Crippen molar-refractivity contribution in [1.29, 1.82) is 0 Å². The van der Waals surface area contributed by atoms with E-state index in [4.69, 9.17) is 5.73 Å². The molecule has 18 heavy (non-hydrogen) atoms. The second-order valence-electron chi connectivity index (χ2n) is 3.95. The number of sulfone groups is 1. The molecule has 0 radical (unpaired) electrons. The largest absolute Gasteiger partial charge is 0.501 e. The van der Waals surface area contributed by atoms with Crippen LogP contribution in [0.5, 0.6) is 0 Å². The Hall–Kier alpha value is -1.12. The molecule has 102 valence electrons. The van der Waals surface area contributed by atoms with E-state index in [2.05, 4.69) is 0 Å². The summed E-state index contributed by atoms with van der Waals surface area (Å²) in [6.07, 6.45) is 0. The number of hydrogen-bond donors (Lipinski definition) is 2. The van der Waals surface area contributed by atoms with Crippen molar-refractivity contribution in [2.24, 2.45) is 5.73 Å². The summed E-state index contributed by atoms with van der Waals surface area (Å²) in [4.78, 5) is -0.916. The molecule has 0 fully saturated rings. The molecule has 0 aromatic heterocycles. The first-order valence-corrected chi connectivity index (χ1v) is 6.35. The van der Waals surface area contributed by atoms with Gasteiger partial charge in [-0.2, -0.15) is 13.2 Å². The van der Waals surface area contributed by atoms with E-state index in [9.17, 15) is 26.7 Å². The molecule has 0 aliphatic heterocycles. The Morgan fingerprint density at radius 3 is 2.33 bits per heavy atom. The van der Waals surface area contributed by atoms with Gasteiger partial charge in [-0.25, -0.2) is 8.42 Å². The first kappa shape index (κ1) is 14.9. The van der Waals surface area contributed by atoms with Gasteiger partial charge in [0.25, 0.3) is 9.84 Å². The first-order chi connectivity index (χ1) is 8.02. The second-order valence-corrected chi connectivity index (χ2v) is 5.90. The minimum absolute atomic E-state index is 0.00956. The van der Waals surface area contributed by atoms with Gasteiger partial charge in [0, 0.05) is 6.54 Å². The quantitative estimate of drug-likeness (QED) is 0.872. The van der Waals surface area contributed by atoms with E-state index in [-0.39, 0.29) is 12.1 Å². The van der Waals surface area contributed by atoms with Gasteiger partial charge in [0.2, 0.25) is 0 Å². The van der Waals surface area contributed by atoms with E-state index in [1.54, 1.807) is 0 Å². The molecule has 0 amide bonds. The molecule has 0 spiro atoms. The zero-order chi connectivity index (χ0) is 14.2. The zero-order valence-electron chi connectivity index (χ0n) is 9.40. The lowest BCUT2D eigenvalue weighted by molar-refractivity contribution is -0.0436. The van der Waals surface area contributed by atoms with E-state index in [1.807, 2.05) is 0 Å². The molecule has 4 nitrogen and oxygen atoms in total. The Kier molecular flexibility index (Phi) is 3.75. The summed E-state index contributed by atoms with van der Waals surface area (Å²) in [7, 11) is -5.42. The molecular formula is C10H12F3NO3S. The Balaban J connectivity index is 3.36. The maximum atomic E-state index is 12.4. The molecule has 8 heteroatoms. The highest BCUT2D eigenvalue weighted by Crippen LogP contribution is 2.32. The highest BCUT2D eigenvalue weighted by atomic mass is 32.2. The molecular weight excluding hydrogens is 271 g/mol. The van der Waals surface area contributed by atoms with E-state index in [0.717, 1.165) is 18.2 Å². The van der Waals surface area contributed by atoms with E-state index in [1.165, 1.54) is 13.0 Å². The summed E-state index contributed by atoms with van der Waals surface area (Å²) < 4.78 is 59.4. The molecule has 1 unspecified atom stereocenters. The summed E-state index contributed by atoms with van der Waals surface area (Å²) >= 11 is 0. The van der Waals surface area contributed by atoms with Gasteiger partial charge in [0.1, 0.15) is 0 Å². The maximum Gasteiger partial charge on any atom is 0.501 e. The zero-order valence-corrected chi connectivity index (χ0v) is 10.2. The van der Waals surface area contributed by atoms with Gasteiger partial charge in [-0.1, -0.05) is 12.1 Å². The normalized spacial score (nSPS) is 16.3. The van der Waals surface area contributed by atoms with Gasteiger partial charge in [0.15, 0.2) is 0 Å². The molecule has 0 heterocycles. The Labute approximate surface area is 102 Å². The molecule has 0 saturated carbocycles. The lowest BCUT2D eigenvalue weighted by Gasteiger charge is -2.22. The van der Waals surface area contributed by atoms with Crippen LogP contribution in [0.15, 0.2) is 29.2 Å². The van der Waals surface area contributed by atoms with Crippen LogP contribution in [-0.2, 0) is 15.4 Å². The minimum atomic E-state index is -5.42. The first-order valence-electron chi connectivity index (χ1n) is 4.87. The fourth-order valence-corrected chi connectivity index (χ4v) is 2.06. The third-order valence-corrected chi connectivity index (χ3v) is 3.95. The van der Waals surface area contributed by atoms with E-state index in [0.29, 0.717) is 0 Å². The highest BCUT2D eigenvalue weighted by Gasteiger charge is 2.47. The van der Waals surface area contributed by atoms with Gasteiger partial charge in [-0.15, -0.1) is 0 Å². The summed E-state index contributed by atoms with van der Waals surface area (Å²) in [5, 5.41) is 9.79. The van der Waals surface area contributed by atoms with Crippen LogP contribution in [0.25, 0.3) is 0 Å². The standard InChI is InChI=1S/C10H12F3NO3S/c1-9(15,6-14)7-3-2-4-8(5-7)18(16,17)10(11,12)13/h2-5,15H,6,14H2,1H3. The fourth-order valence-electron chi connectivity index (χ4n) is 1.25. The lowest BCUT2D eigenvalue weighted by atomic mass is 9.96. The van der Waals surface area contributed by atoms with Crippen LogP contribution in [-0.4, -0.2) is 25.6 Å². The summed E-state index contributed by atoms with van der Waals surface area (Å²) in [6.45, 7) is 1.04. The number of rotatable bonds is 3. The van der Waals surface area contributed by atoms with Crippen LogP contribution in [0.4, 0.5) is 13.2 Å². The van der Waals surface area contributed by atoms with Crippen molar-refractivity contribution in [3.05, 3.63) is 29.8 Å². The van der Waals surface area contributed by atoms with Gasteiger partial charge < -0.3 is 10.8 Å². The number of alkyl halides is 3. The van der Waals surface area contributed by atoms with Crippen LogP contribution in [0.3, 0.4) is 0 Å². The predicted octanol–water partition coefficient (Wildman–Crippen LogP) is 1.15. The highest BCUT2D eigenvalue weighted by molar-refractivity contribution is 7.92. The van der Waals surface area contributed by atoms with Gasteiger partial charge in [0.05, 0.1) is 10.5 Å². The number of benzene rings is 1. The van der Waals surface area contributed by atoms with Crippen LogP contribution in [0, 0.1) is 0 Å². The molecule has 1 aromatic rings. The summed E-state index contributed by atoms with van der Waals surface area (Å²) in [6, 6.07) is 4.02. The average Bonchev–Trinajstić information content (AvgIpc) is 2.27. The van der Waals surface area contributed by atoms with E-state index >= 15 is 0 Å². The Morgan fingerprint density at radius 2 is 1.89 bits per heavy atom. The molecule has 0 bridgehead atoms. The van der Waals surface area contributed by atoms with Crippen molar-refractivity contribution in [3.63, 3.8) is 0 Å². The topological polar surface area (TPSA) is 80.4 Å². The summed E-state index contributed by atoms with van der Waals surface area (Å²) in [5.74, 6) is 0. The second kappa shape index (κ2) is 4.52. The average molecular weight is 283 g/mol. The predicted molar refractivity (Wildman–Crippen MR) is 58.3 cm³/mol. The van der Waals surface area contributed by atoms with Crippen molar-refractivity contribution >= 4 is 9.84 Å². The third-order valence-electron chi connectivity index (χ3n) is 2.47. The molecule has 0 aliphatic rings. The maximum absolute atomic E-state index is 12.4. The molecule has 3 N–H and O–H groups in total. The van der Waals surface area contributed by atoms with Gasteiger partial charge in [-0.05, 0) is 24.6 Å². The van der Waals surface area contributed by atoms with Crippen LogP contribution < -0.4 is 5.73 Å². The molecule has 1 rings (SSSR count). The van der Waals surface area contributed by atoms with Crippen molar-refractivity contribution in [2.45, 2.75) is 22.9 Å². The Bertz CT molecular complexity index is 538. The molecule has 0 saturated heterocycles. The molecule has 1 aromatic carbocycles. The van der Waals surface area contributed by atoms with E-state index < -0.39 is 25.8 Å². The SMILES string of the molecule is CC(O)(CN)c1cccc(S(=O)(=O)C(F)(F)F)c1. The number of nitrogens with two attached hydrogens (primary N) is 1. The lowest BCUT2D eigenvalue weighted by Crippen LogP contribution is -2.31. The van der Waals surface area contributed by atoms with Crippen LogP contribution in [0.2, 0.25) is 0 Å². The van der Waals surface area contributed by atoms with Crippen LogP contribution >= 0.6 is 0 Å². The smallest absolute Gasteiger partial charge is 0.384 e.